The number of nitrogens with zero attached hydrogens (tertiary/aromatic N) is 1. The highest BCUT2D eigenvalue weighted by Crippen LogP contribution is 2.43. The molecule has 1 unspecified atom stereocenters. The largest absolute Gasteiger partial charge is 0.503 e. The Labute approximate surface area is 184 Å². The number of aryl methyl sites for hydroxylation is 1. The van der Waals surface area contributed by atoms with Gasteiger partial charge in [0.15, 0.2) is 11.5 Å². The van der Waals surface area contributed by atoms with Crippen molar-refractivity contribution in [2.75, 3.05) is 11.5 Å². The number of amides is 1. The fourth-order valence-electron chi connectivity index (χ4n) is 3.54. The summed E-state index contributed by atoms with van der Waals surface area (Å²) in [6.07, 6.45) is 0. The summed E-state index contributed by atoms with van der Waals surface area (Å²) in [5, 5.41) is 10.8. The third-order valence-electron chi connectivity index (χ3n) is 5.23. The fraction of sp³-hybridized carbons (Fsp3) is 0.385. The summed E-state index contributed by atoms with van der Waals surface area (Å²) in [6.45, 7) is 12.1. The van der Waals surface area contributed by atoms with Gasteiger partial charge in [0.1, 0.15) is 5.75 Å². The average Bonchev–Trinajstić information content (AvgIpc) is 2.97. The molecule has 0 bridgehead atoms. The Hall–Kier alpha value is -3.08. The average molecular weight is 422 g/mol. The maximum Gasteiger partial charge on any atom is 0.294 e. The van der Waals surface area contributed by atoms with E-state index in [-0.39, 0.29) is 11.4 Å². The minimum atomic E-state index is -0.745. The summed E-state index contributed by atoms with van der Waals surface area (Å²) in [4.78, 5) is 27.9. The second-order valence-corrected chi connectivity index (χ2v) is 9.53. The third-order valence-corrected chi connectivity index (χ3v) is 5.23. The Morgan fingerprint density at radius 3 is 2.16 bits per heavy atom. The van der Waals surface area contributed by atoms with E-state index in [0.29, 0.717) is 18.2 Å². The monoisotopic (exact) mass is 421 g/mol. The molecule has 5 heteroatoms. The van der Waals surface area contributed by atoms with Gasteiger partial charge < -0.3 is 9.84 Å². The molecular formula is C26H31NO4. The second-order valence-electron chi connectivity index (χ2n) is 9.53. The molecule has 0 saturated heterocycles. The molecule has 0 radical (unpaired) electrons. The van der Waals surface area contributed by atoms with E-state index in [1.54, 1.807) is 20.8 Å². The SMILES string of the molecule is Cc1ccc(N2C(=O)C(O)=C(C(=O)C(C)(C)C)C2c2ccc(OCC(C)C)cc2)cc1. The molecule has 1 N–H and O–H groups in total. The van der Waals surface area contributed by atoms with Crippen molar-refractivity contribution in [1.82, 2.24) is 0 Å². The van der Waals surface area contributed by atoms with Gasteiger partial charge in [-0.1, -0.05) is 64.4 Å². The molecule has 0 spiro atoms. The highest BCUT2D eigenvalue weighted by atomic mass is 16.5. The van der Waals surface area contributed by atoms with Crippen LogP contribution in [0.3, 0.4) is 0 Å². The van der Waals surface area contributed by atoms with Gasteiger partial charge in [0.05, 0.1) is 18.2 Å². The Balaban J connectivity index is 2.08. The summed E-state index contributed by atoms with van der Waals surface area (Å²) >= 11 is 0. The number of aliphatic hydroxyl groups is 1. The zero-order chi connectivity index (χ0) is 22.9. The van der Waals surface area contributed by atoms with Gasteiger partial charge >= 0.3 is 0 Å². The first-order valence-corrected chi connectivity index (χ1v) is 10.6. The number of Topliss-reactive ketones (excluding diaryl/α,β-unsaturated/α-hetero) is 1. The second kappa shape index (κ2) is 8.58. The molecule has 31 heavy (non-hydrogen) atoms. The molecule has 3 rings (SSSR count). The molecule has 1 aliphatic heterocycles. The number of carbonyl (C=O) groups excluding carboxylic acids is 2. The molecule has 5 nitrogen and oxygen atoms in total. The van der Waals surface area contributed by atoms with Crippen LogP contribution in [0.15, 0.2) is 59.9 Å². The molecule has 1 atom stereocenters. The van der Waals surface area contributed by atoms with E-state index in [2.05, 4.69) is 13.8 Å². The van der Waals surface area contributed by atoms with E-state index in [9.17, 15) is 14.7 Å². The molecule has 0 aliphatic carbocycles. The van der Waals surface area contributed by atoms with Crippen LogP contribution in [0.1, 0.15) is 51.8 Å². The Bertz CT molecular complexity index is 995. The number of rotatable bonds is 6. The third kappa shape index (κ3) is 4.66. The van der Waals surface area contributed by atoms with Crippen molar-refractivity contribution in [3.05, 3.63) is 71.0 Å². The van der Waals surface area contributed by atoms with Gasteiger partial charge in [-0.05, 0) is 42.7 Å². The summed E-state index contributed by atoms with van der Waals surface area (Å²) < 4.78 is 5.77. The van der Waals surface area contributed by atoms with Crippen molar-refractivity contribution in [3.63, 3.8) is 0 Å². The number of aliphatic hydroxyl groups excluding tert-OH is 1. The molecule has 2 aromatic rings. The number of carbonyl (C=O) groups is 2. The van der Waals surface area contributed by atoms with Crippen LogP contribution in [0.5, 0.6) is 5.75 Å². The molecule has 164 valence electrons. The Morgan fingerprint density at radius 2 is 1.65 bits per heavy atom. The highest BCUT2D eigenvalue weighted by molar-refractivity contribution is 6.17. The van der Waals surface area contributed by atoms with Crippen molar-refractivity contribution < 1.29 is 19.4 Å². The lowest BCUT2D eigenvalue weighted by atomic mass is 9.82. The lowest BCUT2D eigenvalue weighted by Crippen LogP contribution is -2.32. The predicted octanol–water partition coefficient (Wildman–Crippen LogP) is 5.55. The first kappa shape index (κ1) is 22.6. The molecule has 0 fully saturated rings. The van der Waals surface area contributed by atoms with Gasteiger partial charge in [-0.25, -0.2) is 0 Å². The lowest BCUT2D eigenvalue weighted by molar-refractivity contribution is -0.123. The van der Waals surface area contributed by atoms with Crippen molar-refractivity contribution >= 4 is 17.4 Å². The van der Waals surface area contributed by atoms with Crippen LogP contribution < -0.4 is 9.64 Å². The highest BCUT2D eigenvalue weighted by Gasteiger charge is 2.46. The van der Waals surface area contributed by atoms with Crippen LogP contribution in [-0.4, -0.2) is 23.4 Å². The smallest absolute Gasteiger partial charge is 0.294 e. The van der Waals surface area contributed by atoms with Gasteiger partial charge in [0.25, 0.3) is 5.91 Å². The van der Waals surface area contributed by atoms with Gasteiger partial charge in [-0.3, -0.25) is 14.5 Å². The molecule has 0 aromatic heterocycles. The van der Waals surface area contributed by atoms with Crippen LogP contribution in [0, 0.1) is 18.3 Å². The molecule has 0 saturated carbocycles. The zero-order valence-electron chi connectivity index (χ0n) is 19.1. The maximum absolute atomic E-state index is 13.3. The van der Waals surface area contributed by atoms with E-state index < -0.39 is 23.1 Å². The zero-order valence-corrected chi connectivity index (χ0v) is 19.1. The molecule has 2 aromatic carbocycles. The predicted molar refractivity (Wildman–Crippen MR) is 122 cm³/mol. The Morgan fingerprint density at radius 1 is 1.06 bits per heavy atom. The van der Waals surface area contributed by atoms with E-state index in [1.807, 2.05) is 55.5 Å². The van der Waals surface area contributed by atoms with E-state index in [4.69, 9.17) is 4.74 Å². The van der Waals surface area contributed by atoms with E-state index in [0.717, 1.165) is 16.9 Å². The number of ketones is 1. The summed E-state index contributed by atoms with van der Waals surface area (Å²) in [6, 6.07) is 14.1. The first-order valence-electron chi connectivity index (χ1n) is 10.6. The summed E-state index contributed by atoms with van der Waals surface area (Å²) in [5.41, 5.74) is 1.81. The summed E-state index contributed by atoms with van der Waals surface area (Å²) in [5.74, 6) is -0.175. The fourth-order valence-corrected chi connectivity index (χ4v) is 3.54. The van der Waals surface area contributed by atoms with E-state index >= 15 is 0 Å². The quantitative estimate of drug-likeness (QED) is 0.664. The number of ether oxygens (including phenoxy) is 1. The van der Waals surface area contributed by atoms with Crippen molar-refractivity contribution in [1.29, 1.82) is 0 Å². The minimum absolute atomic E-state index is 0.133. The van der Waals surface area contributed by atoms with Crippen molar-refractivity contribution in [3.8, 4) is 5.75 Å². The van der Waals surface area contributed by atoms with Gasteiger partial charge in [-0.15, -0.1) is 0 Å². The van der Waals surface area contributed by atoms with Gasteiger partial charge in [0, 0.05) is 11.1 Å². The normalized spacial score (nSPS) is 16.9. The van der Waals surface area contributed by atoms with Crippen molar-refractivity contribution in [2.45, 2.75) is 47.6 Å². The van der Waals surface area contributed by atoms with Crippen LogP contribution in [0.2, 0.25) is 0 Å². The van der Waals surface area contributed by atoms with Gasteiger partial charge in [0.2, 0.25) is 0 Å². The Kier molecular flexibility index (Phi) is 6.25. The first-order chi connectivity index (χ1) is 14.5. The number of anilines is 1. The summed E-state index contributed by atoms with van der Waals surface area (Å²) in [7, 11) is 0. The van der Waals surface area contributed by atoms with Crippen molar-refractivity contribution in [2.24, 2.45) is 11.3 Å². The van der Waals surface area contributed by atoms with E-state index in [1.165, 1.54) is 4.90 Å². The topological polar surface area (TPSA) is 66.8 Å². The number of hydrogen-bond donors (Lipinski definition) is 1. The standard InChI is InChI=1S/C26H31NO4/c1-16(2)15-31-20-13-9-18(10-14-20)22-21(24(29)26(4,5)6)23(28)25(30)27(22)19-11-7-17(3)8-12-19/h7-14,16,22,28H,15H2,1-6H3. The van der Waals surface area contributed by atoms with Crippen LogP contribution in [0.4, 0.5) is 5.69 Å². The molecule has 1 amide bonds. The van der Waals surface area contributed by atoms with Crippen LogP contribution >= 0.6 is 0 Å². The molecule has 1 aliphatic rings. The maximum atomic E-state index is 13.3. The van der Waals surface area contributed by atoms with Crippen LogP contribution in [0.25, 0.3) is 0 Å². The molecule has 1 heterocycles. The molecular weight excluding hydrogens is 390 g/mol. The number of benzene rings is 2. The minimum Gasteiger partial charge on any atom is -0.503 e. The van der Waals surface area contributed by atoms with Gasteiger partial charge in [-0.2, -0.15) is 0 Å². The van der Waals surface area contributed by atoms with Crippen LogP contribution in [-0.2, 0) is 9.59 Å². The number of hydrogen-bond acceptors (Lipinski definition) is 4. The lowest BCUT2D eigenvalue weighted by Gasteiger charge is -2.29.